The summed E-state index contributed by atoms with van der Waals surface area (Å²) in [7, 11) is 1.36. The molecule has 27 heavy (non-hydrogen) atoms. The van der Waals surface area contributed by atoms with Gasteiger partial charge in [-0.05, 0) is 35.1 Å². The first kappa shape index (κ1) is 21.6. The number of pyridine rings is 1. The molecule has 3 rings (SSSR count). The molecule has 0 saturated heterocycles. The predicted molar refractivity (Wildman–Crippen MR) is 101 cm³/mol. The van der Waals surface area contributed by atoms with Crippen molar-refractivity contribution in [3.05, 3.63) is 76.2 Å². The molecule has 0 aliphatic rings. The van der Waals surface area contributed by atoms with E-state index in [-0.39, 0.29) is 57.4 Å². The van der Waals surface area contributed by atoms with E-state index in [1.165, 1.54) is 18.4 Å². The summed E-state index contributed by atoms with van der Waals surface area (Å²) < 4.78 is 6.69. The van der Waals surface area contributed by atoms with Crippen LogP contribution in [0, 0.1) is 6.92 Å². The maximum Gasteiger partial charge on any atom is 0.348 e. The summed E-state index contributed by atoms with van der Waals surface area (Å²) in [5, 5.41) is 1.89. The smallest absolute Gasteiger partial charge is 0.348 e. The Morgan fingerprint density at radius 1 is 1.07 bits per heavy atom. The standard InChI is InChI=1S/C21H20NO3S.Y/c1-15-14-26-20(21(24)25-2)19(15)11-18(23)13-22-10-6-9-17(12-22)16-7-4-3-5-8-16;/h3-10,12,14H,11,13H2,1-2H3;/q+1;. The van der Waals surface area contributed by atoms with Crippen molar-refractivity contribution in [2.24, 2.45) is 0 Å². The molecule has 2 aromatic heterocycles. The maximum absolute atomic E-state index is 12.6. The van der Waals surface area contributed by atoms with Gasteiger partial charge in [0.15, 0.2) is 12.4 Å². The third-order valence-electron chi connectivity index (χ3n) is 4.17. The van der Waals surface area contributed by atoms with Crippen molar-refractivity contribution in [1.82, 2.24) is 0 Å². The molecule has 0 aliphatic heterocycles. The van der Waals surface area contributed by atoms with E-state index in [0.717, 1.165) is 22.3 Å². The average Bonchev–Trinajstić information content (AvgIpc) is 3.02. The fraction of sp³-hybridized carbons (Fsp3) is 0.190. The van der Waals surface area contributed by atoms with Gasteiger partial charge in [-0.1, -0.05) is 30.3 Å². The number of Topliss-reactive ketones (excluding diaryl/α,β-unsaturated/α-hetero) is 1. The van der Waals surface area contributed by atoms with E-state index in [9.17, 15) is 9.59 Å². The Kier molecular flexibility index (Phi) is 8.02. The molecule has 4 nitrogen and oxygen atoms in total. The Morgan fingerprint density at radius 3 is 2.48 bits per heavy atom. The molecule has 0 spiro atoms. The zero-order chi connectivity index (χ0) is 18.5. The molecule has 1 radical (unpaired) electrons. The fourth-order valence-corrected chi connectivity index (χ4v) is 3.82. The van der Waals surface area contributed by atoms with E-state index < -0.39 is 0 Å². The minimum atomic E-state index is -0.385. The summed E-state index contributed by atoms with van der Waals surface area (Å²) in [6, 6.07) is 14.0. The molecule has 1 aromatic carbocycles. The third-order valence-corrected chi connectivity index (χ3v) is 5.29. The minimum Gasteiger partial charge on any atom is -0.465 e. The molecule has 0 fully saturated rings. The van der Waals surface area contributed by atoms with E-state index >= 15 is 0 Å². The molecule has 0 saturated carbocycles. The summed E-state index contributed by atoms with van der Waals surface area (Å²) in [4.78, 5) is 25.0. The second-order valence-corrected chi connectivity index (χ2v) is 6.94. The van der Waals surface area contributed by atoms with Gasteiger partial charge in [0.1, 0.15) is 4.88 Å². The van der Waals surface area contributed by atoms with E-state index in [1.807, 2.05) is 71.7 Å². The zero-order valence-electron chi connectivity index (χ0n) is 15.3. The van der Waals surface area contributed by atoms with Crippen molar-refractivity contribution in [1.29, 1.82) is 0 Å². The Hall–Kier alpha value is -1.69. The number of methoxy groups -OCH3 is 1. The van der Waals surface area contributed by atoms with Crippen LogP contribution in [0.2, 0.25) is 0 Å². The number of esters is 1. The van der Waals surface area contributed by atoms with E-state index in [1.54, 1.807) is 0 Å². The van der Waals surface area contributed by atoms with Crippen LogP contribution in [0.3, 0.4) is 0 Å². The maximum atomic E-state index is 12.6. The van der Waals surface area contributed by atoms with Crippen molar-refractivity contribution in [2.75, 3.05) is 7.11 Å². The molecule has 0 amide bonds. The SMILES string of the molecule is COC(=O)c1scc(C)c1CC(=O)C[n+]1cccc(-c2ccccc2)c1.[Y]. The quantitative estimate of drug-likeness (QED) is 0.422. The number of ether oxygens (including phenoxy) is 1. The second kappa shape index (κ2) is 10.0. The number of ketones is 1. The first-order chi connectivity index (χ1) is 12.6. The second-order valence-electron chi connectivity index (χ2n) is 6.06. The van der Waals surface area contributed by atoms with Gasteiger partial charge in [0.2, 0.25) is 12.3 Å². The molecule has 2 heterocycles. The minimum absolute atomic E-state index is 0. The number of rotatable bonds is 6. The van der Waals surface area contributed by atoms with Gasteiger partial charge in [-0.3, -0.25) is 4.79 Å². The number of hydrogen-bond acceptors (Lipinski definition) is 4. The summed E-state index contributed by atoms with van der Waals surface area (Å²) in [6.07, 6.45) is 4.07. The van der Waals surface area contributed by atoms with Crippen LogP contribution >= 0.6 is 11.3 Å². The van der Waals surface area contributed by atoms with Crippen LogP contribution < -0.4 is 4.57 Å². The summed E-state index contributed by atoms with van der Waals surface area (Å²) in [6.45, 7) is 2.17. The van der Waals surface area contributed by atoms with Gasteiger partial charge in [-0.25, -0.2) is 4.79 Å². The molecule has 135 valence electrons. The molecule has 6 heteroatoms. The number of thiophene rings is 1. The van der Waals surface area contributed by atoms with Gasteiger partial charge in [0.25, 0.3) is 0 Å². The summed E-state index contributed by atoms with van der Waals surface area (Å²) >= 11 is 1.32. The topological polar surface area (TPSA) is 47.3 Å². The molecule has 0 unspecified atom stereocenters. The van der Waals surface area contributed by atoms with Gasteiger partial charge in [0.05, 0.1) is 7.11 Å². The van der Waals surface area contributed by atoms with E-state index in [0.29, 0.717) is 4.88 Å². The molecular weight excluding hydrogens is 435 g/mol. The van der Waals surface area contributed by atoms with Gasteiger partial charge in [-0.15, -0.1) is 11.3 Å². The van der Waals surface area contributed by atoms with E-state index in [4.69, 9.17) is 4.74 Å². The van der Waals surface area contributed by atoms with Gasteiger partial charge in [-0.2, -0.15) is 4.57 Å². The summed E-state index contributed by atoms with van der Waals surface area (Å²) in [5.74, 6) is -0.337. The number of aryl methyl sites for hydroxylation is 1. The number of nitrogens with zero attached hydrogens (tertiary/aromatic N) is 1. The van der Waals surface area contributed by atoms with Crippen molar-refractivity contribution >= 4 is 23.1 Å². The van der Waals surface area contributed by atoms with Crippen LogP contribution in [0.25, 0.3) is 11.1 Å². The van der Waals surface area contributed by atoms with Crippen LogP contribution in [0.4, 0.5) is 0 Å². The van der Waals surface area contributed by atoms with Gasteiger partial charge < -0.3 is 4.74 Å². The van der Waals surface area contributed by atoms with Gasteiger partial charge >= 0.3 is 5.97 Å². The number of hydrogen-bond donors (Lipinski definition) is 0. The molecule has 0 N–H and O–H groups in total. The molecule has 0 atom stereocenters. The fourth-order valence-electron chi connectivity index (χ4n) is 2.83. The number of carbonyl (C=O) groups excluding carboxylic acids is 2. The monoisotopic (exact) mass is 455 g/mol. The predicted octanol–water partition coefficient (Wildman–Crippen LogP) is 3.61. The molecular formula is C21H20NO3SY+. The normalized spacial score (nSPS) is 10.1. The van der Waals surface area contributed by atoms with Crippen molar-refractivity contribution in [2.45, 2.75) is 19.9 Å². The molecule has 0 aliphatic carbocycles. The Bertz CT molecular complexity index is 938. The van der Waals surface area contributed by atoms with Crippen LogP contribution in [-0.4, -0.2) is 18.9 Å². The van der Waals surface area contributed by atoms with Crippen molar-refractivity contribution in [3.8, 4) is 11.1 Å². The zero-order valence-corrected chi connectivity index (χ0v) is 19.0. The largest absolute Gasteiger partial charge is 0.465 e. The number of benzene rings is 1. The average molecular weight is 455 g/mol. The molecule has 0 bridgehead atoms. The van der Waals surface area contributed by atoms with E-state index in [2.05, 4.69) is 0 Å². The Morgan fingerprint density at radius 2 is 1.78 bits per heavy atom. The number of carbonyl (C=O) groups is 2. The van der Waals surface area contributed by atoms with Gasteiger partial charge in [0, 0.05) is 50.8 Å². The number of aromatic nitrogens is 1. The summed E-state index contributed by atoms with van der Waals surface area (Å²) in [5.41, 5.74) is 3.89. The van der Waals surface area contributed by atoms with Crippen LogP contribution in [0.15, 0.2) is 60.2 Å². The van der Waals surface area contributed by atoms with Crippen LogP contribution in [0.1, 0.15) is 20.8 Å². The first-order valence-corrected chi connectivity index (χ1v) is 9.18. The van der Waals surface area contributed by atoms with Crippen molar-refractivity contribution < 1.29 is 51.6 Å². The molecule has 3 aromatic rings. The van der Waals surface area contributed by atoms with Crippen LogP contribution in [0.5, 0.6) is 0 Å². The van der Waals surface area contributed by atoms with Crippen molar-refractivity contribution in [3.63, 3.8) is 0 Å². The van der Waals surface area contributed by atoms with Crippen LogP contribution in [-0.2, 0) is 55.2 Å². The first-order valence-electron chi connectivity index (χ1n) is 8.30. The third kappa shape index (κ3) is 5.41. The Balaban J connectivity index is 0.00000261. The Labute approximate surface area is 188 Å².